The Hall–Kier alpha value is -2.37. The molecule has 2 aromatic carbocycles. The van der Waals surface area contributed by atoms with Crippen molar-refractivity contribution in [3.8, 4) is 11.5 Å². The predicted molar refractivity (Wildman–Crippen MR) is 130 cm³/mol. The first-order valence-corrected chi connectivity index (χ1v) is 12.1. The number of rotatable bonds is 4. The van der Waals surface area contributed by atoms with Gasteiger partial charge in [0.25, 0.3) is 0 Å². The molecule has 2 aromatic rings. The molecule has 0 N–H and O–H groups in total. The minimum atomic E-state index is -0.322. The fraction of sp³-hybridized carbons (Fsp3) is 0.536. The normalized spacial score (nSPS) is 32.7. The molecule has 3 aliphatic rings. The van der Waals surface area contributed by atoms with Gasteiger partial charge in [-0.3, -0.25) is 4.79 Å². The van der Waals surface area contributed by atoms with Crippen LogP contribution in [0.2, 0.25) is 0 Å². The van der Waals surface area contributed by atoms with Crippen LogP contribution in [0.15, 0.2) is 48.5 Å². The number of likely N-dealkylation sites (tertiary alicyclic amines) is 2. The summed E-state index contributed by atoms with van der Waals surface area (Å²) in [6, 6.07) is 16.8. The Balaban J connectivity index is 1.54. The summed E-state index contributed by atoms with van der Waals surface area (Å²) in [6.45, 7) is 3.56. The van der Waals surface area contributed by atoms with Gasteiger partial charge in [-0.15, -0.1) is 0 Å². The number of hydrogen-bond acceptors (Lipinski definition) is 5. The zero-order chi connectivity index (χ0) is 23.2. The molecular weight excluding hydrogens is 412 g/mol. The maximum atomic E-state index is 14.8. The molecule has 1 aliphatic carbocycles. The zero-order valence-electron chi connectivity index (χ0n) is 20.3. The number of hydrogen-bond donors (Lipinski definition) is 0. The average Bonchev–Trinajstić information content (AvgIpc) is 3.35. The third-order valence-corrected chi connectivity index (χ3v) is 8.61. The lowest BCUT2D eigenvalue weighted by Gasteiger charge is -2.48. The molecular formula is C28H36N2O3. The quantitative estimate of drug-likeness (QED) is 0.702. The van der Waals surface area contributed by atoms with Crippen LogP contribution in [0.1, 0.15) is 42.2 Å². The van der Waals surface area contributed by atoms with Crippen molar-refractivity contribution in [3.05, 3.63) is 59.7 Å². The van der Waals surface area contributed by atoms with Gasteiger partial charge in [0.2, 0.25) is 0 Å². The molecule has 5 nitrogen and oxygen atoms in total. The fourth-order valence-electron chi connectivity index (χ4n) is 7.22. The maximum Gasteiger partial charge on any atom is 0.149 e. The van der Waals surface area contributed by atoms with Gasteiger partial charge in [0, 0.05) is 38.0 Å². The summed E-state index contributed by atoms with van der Waals surface area (Å²) < 4.78 is 10.8. The average molecular weight is 449 g/mol. The molecule has 0 amide bonds. The van der Waals surface area contributed by atoms with Gasteiger partial charge in [0.15, 0.2) is 0 Å². The van der Waals surface area contributed by atoms with Gasteiger partial charge in [0.05, 0.1) is 25.0 Å². The zero-order valence-corrected chi connectivity index (χ0v) is 20.3. The van der Waals surface area contributed by atoms with Gasteiger partial charge >= 0.3 is 0 Å². The summed E-state index contributed by atoms with van der Waals surface area (Å²) in [5, 5.41) is 0. The van der Waals surface area contributed by atoms with Crippen LogP contribution < -0.4 is 9.47 Å². The number of methoxy groups -OCH3 is 2. The van der Waals surface area contributed by atoms with E-state index in [2.05, 4.69) is 48.2 Å². The monoisotopic (exact) mass is 448 g/mol. The van der Waals surface area contributed by atoms with E-state index in [9.17, 15) is 4.79 Å². The molecule has 4 atom stereocenters. The van der Waals surface area contributed by atoms with E-state index in [0.717, 1.165) is 56.9 Å². The topological polar surface area (TPSA) is 42.0 Å². The molecule has 2 saturated heterocycles. The second-order valence-corrected chi connectivity index (χ2v) is 10.5. The van der Waals surface area contributed by atoms with Crippen molar-refractivity contribution in [1.82, 2.24) is 9.80 Å². The third kappa shape index (κ3) is 3.57. The first kappa shape index (κ1) is 22.4. The molecule has 2 aliphatic heterocycles. The van der Waals surface area contributed by atoms with Crippen LogP contribution >= 0.6 is 0 Å². The van der Waals surface area contributed by atoms with Gasteiger partial charge in [0.1, 0.15) is 17.3 Å². The highest BCUT2D eigenvalue weighted by molar-refractivity contribution is 5.94. The van der Waals surface area contributed by atoms with Crippen molar-refractivity contribution in [3.63, 3.8) is 0 Å². The Bertz CT molecular complexity index is 925. The first-order valence-electron chi connectivity index (χ1n) is 12.1. The molecule has 5 rings (SSSR count). The lowest BCUT2D eigenvalue weighted by atomic mass is 9.53. The molecule has 176 valence electrons. The van der Waals surface area contributed by atoms with Crippen LogP contribution in [0, 0.1) is 10.8 Å². The van der Waals surface area contributed by atoms with E-state index in [1.165, 1.54) is 11.1 Å². The molecule has 0 bridgehead atoms. The molecule has 2 unspecified atom stereocenters. The number of ether oxygens (including phenoxy) is 2. The van der Waals surface area contributed by atoms with E-state index in [1.807, 2.05) is 24.3 Å². The number of carbonyl (C=O) groups is 1. The Morgan fingerprint density at radius 2 is 1.12 bits per heavy atom. The second kappa shape index (κ2) is 8.44. The minimum absolute atomic E-state index is 0.223. The molecule has 1 saturated carbocycles. The van der Waals surface area contributed by atoms with E-state index >= 15 is 0 Å². The van der Waals surface area contributed by atoms with Crippen LogP contribution in [-0.2, 0) is 4.79 Å². The largest absolute Gasteiger partial charge is 0.497 e. The molecule has 2 spiro atoms. The molecule has 0 aromatic heterocycles. The highest BCUT2D eigenvalue weighted by Gasteiger charge is 2.63. The van der Waals surface area contributed by atoms with Gasteiger partial charge < -0.3 is 19.3 Å². The van der Waals surface area contributed by atoms with Crippen molar-refractivity contribution in [2.45, 2.75) is 31.1 Å². The van der Waals surface area contributed by atoms with E-state index in [-0.39, 0.29) is 22.7 Å². The van der Waals surface area contributed by atoms with Gasteiger partial charge in [-0.2, -0.15) is 0 Å². The minimum Gasteiger partial charge on any atom is -0.497 e. The van der Waals surface area contributed by atoms with Crippen molar-refractivity contribution in [2.75, 3.05) is 54.5 Å². The maximum absolute atomic E-state index is 14.8. The highest BCUT2D eigenvalue weighted by Crippen LogP contribution is 2.60. The Morgan fingerprint density at radius 1 is 0.727 bits per heavy atom. The highest BCUT2D eigenvalue weighted by atomic mass is 16.5. The van der Waals surface area contributed by atoms with Gasteiger partial charge in [-0.1, -0.05) is 30.7 Å². The second-order valence-electron chi connectivity index (χ2n) is 10.5. The Labute approximate surface area is 197 Å². The summed E-state index contributed by atoms with van der Waals surface area (Å²) >= 11 is 0. The number of likely N-dealkylation sites (N-methyl/N-ethyl adjacent to an activating group) is 2. The first-order chi connectivity index (χ1) is 15.9. The Morgan fingerprint density at radius 3 is 1.48 bits per heavy atom. The van der Waals surface area contributed by atoms with E-state index < -0.39 is 0 Å². The van der Waals surface area contributed by atoms with Crippen LogP contribution in [0.25, 0.3) is 0 Å². The van der Waals surface area contributed by atoms with Crippen LogP contribution in [0.5, 0.6) is 11.5 Å². The number of benzene rings is 2. The van der Waals surface area contributed by atoms with E-state index in [0.29, 0.717) is 5.78 Å². The number of nitrogens with zero attached hydrogens (tertiary/aromatic N) is 2. The molecule has 3 fully saturated rings. The van der Waals surface area contributed by atoms with Crippen molar-refractivity contribution in [2.24, 2.45) is 10.8 Å². The fourth-order valence-corrected chi connectivity index (χ4v) is 7.22. The van der Waals surface area contributed by atoms with Crippen molar-refractivity contribution >= 4 is 5.78 Å². The van der Waals surface area contributed by atoms with Gasteiger partial charge in [-0.25, -0.2) is 0 Å². The van der Waals surface area contributed by atoms with Crippen molar-refractivity contribution in [1.29, 1.82) is 0 Å². The number of carbonyl (C=O) groups excluding carboxylic acids is 1. The smallest absolute Gasteiger partial charge is 0.149 e. The van der Waals surface area contributed by atoms with Crippen molar-refractivity contribution < 1.29 is 14.3 Å². The molecule has 5 heteroatoms. The summed E-state index contributed by atoms with van der Waals surface area (Å²) in [5.74, 6) is 2.67. The summed E-state index contributed by atoms with van der Waals surface area (Å²) in [7, 11) is 7.73. The van der Waals surface area contributed by atoms with E-state index in [4.69, 9.17) is 9.47 Å². The predicted octanol–water partition coefficient (Wildman–Crippen LogP) is 4.19. The van der Waals surface area contributed by atoms with Crippen LogP contribution in [-0.4, -0.2) is 70.1 Å². The molecule has 0 radical (unpaired) electrons. The summed E-state index contributed by atoms with van der Waals surface area (Å²) in [5.41, 5.74) is 1.88. The lowest BCUT2D eigenvalue weighted by Crippen LogP contribution is -2.53. The summed E-state index contributed by atoms with van der Waals surface area (Å²) in [6.07, 6.45) is 3.06. The SMILES string of the molecule is COc1ccc([C@H]2CN(C)CC23CCCC2(CN(C)C[C@H]2c2ccc(OC)cc2)C3=O)cc1. The third-order valence-electron chi connectivity index (χ3n) is 8.61. The van der Waals surface area contributed by atoms with Crippen LogP contribution in [0.3, 0.4) is 0 Å². The number of Topliss-reactive ketones (excluding diaryl/α,β-unsaturated/α-hetero) is 1. The summed E-state index contributed by atoms with van der Waals surface area (Å²) in [4.78, 5) is 19.5. The van der Waals surface area contributed by atoms with Gasteiger partial charge in [-0.05, 0) is 62.3 Å². The van der Waals surface area contributed by atoms with E-state index in [1.54, 1.807) is 14.2 Å². The lowest BCUT2D eigenvalue weighted by molar-refractivity contribution is -0.144. The molecule has 2 heterocycles. The molecule has 33 heavy (non-hydrogen) atoms. The number of ketones is 1. The van der Waals surface area contributed by atoms with Crippen LogP contribution in [0.4, 0.5) is 0 Å². The standard InChI is InChI=1S/C28H36N2O3/c1-29-16-24(20-6-10-22(32-3)11-7-20)27(18-29)14-5-15-28(26(27)31)19-30(2)17-25(28)21-8-12-23(33-4)13-9-21/h6-13,24-25H,5,14-19H2,1-4H3/t24-,25+,27?,28?. The Kier molecular flexibility index (Phi) is 5.74.